The molecule has 0 radical (unpaired) electrons. The van der Waals surface area contributed by atoms with Crippen molar-refractivity contribution in [1.82, 2.24) is 10.2 Å². The minimum absolute atomic E-state index is 0.539. The zero-order chi connectivity index (χ0) is 15.3. The SMILES string of the molecule is CCC1CCC(N(C)CC2(CNC)CCC(C)CC2)CC1. The van der Waals surface area contributed by atoms with Crippen LogP contribution in [0.15, 0.2) is 0 Å². The second-order valence-corrected chi connectivity index (χ2v) is 8.21. The van der Waals surface area contributed by atoms with E-state index in [1.54, 1.807) is 0 Å². The fraction of sp³-hybridized carbons (Fsp3) is 1.00. The van der Waals surface area contributed by atoms with Gasteiger partial charge < -0.3 is 10.2 Å². The second-order valence-electron chi connectivity index (χ2n) is 8.21. The largest absolute Gasteiger partial charge is 0.319 e. The Bertz CT molecular complexity index is 286. The Hall–Kier alpha value is -0.0800. The van der Waals surface area contributed by atoms with E-state index >= 15 is 0 Å². The molecule has 0 heterocycles. The van der Waals surface area contributed by atoms with E-state index in [9.17, 15) is 0 Å². The Morgan fingerprint density at radius 3 is 2.19 bits per heavy atom. The first-order valence-electron chi connectivity index (χ1n) is 9.43. The molecule has 2 aliphatic rings. The van der Waals surface area contributed by atoms with Crippen LogP contribution in [0.25, 0.3) is 0 Å². The van der Waals surface area contributed by atoms with Crippen molar-refractivity contribution in [2.75, 3.05) is 27.2 Å². The first kappa shape index (κ1) is 17.3. The Labute approximate surface area is 133 Å². The quantitative estimate of drug-likeness (QED) is 0.785. The molecule has 2 nitrogen and oxygen atoms in total. The Morgan fingerprint density at radius 2 is 1.67 bits per heavy atom. The van der Waals surface area contributed by atoms with Crippen LogP contribution >= 0.6 is 0 Å². The monoisotopic (exact) mass is 294 g/mol. The molecular formula is C19H38N2. The van der Waals surface area contributed by atoms with Gasteiger partial charge in [-0.2, -0.15) is 0 Å². The molecule has 2 aliphatic carbocycles. The first-order chi connectivity index (χ1) is 10.1. The molecule has 0 aromatic carbocycles. The Kier molecular flexibility index (Phi) is 6.55. The van der Waals surface area contributed by atoms with Crippen LogP contribution in [0.1, 0.15) is 71.6 Å². The first-order valence-corrected chi connectivity index (χ1v) is 9.43. The van der Waals surface area contributed by atoms with Gasteiger partial charge in [-0.05, 0) is 69.9 Å². The third-order valence-electron chi connectivity index (χ3n) is 6.49. The summed E-state index contributed by atoms with van der Waals surface area (Å²) in [6.45, 7) is 7.30. The molecule has 0 aromatic heterocycles. The number of hydrogen-bond donors (Lipinski definition) is 1. The van der Waals surface area contributed by atoms with E-state index in [1.165, 1.54) is 70.9 Å². The summed E-state index contributed by atoms with van der Waals surface area (Å²) < 4.78 is 0. The van der Waals surface area contributed by atoms with E-state index in [0.717, 1.165) is 17.9 Å². The maximum absolute atomic E-state index is 3.49. The molecule has 2 fully saturated rings. The van der Waals surface area contributed by atoms with Crippen molar-refractivity contribution < 1.29 is 0 Å². The lowest BCUT2D eigenvalue weighted by Crippen LogP contribution is -2.48. The maximum atomic E-state index is 3.49. The molecule has 124 valence electrons. The van der Waals surface area contributed by atoms with Gasteiger partial charge in [0.15, 0.2) is 0 Å². The van der Waals surface area contributed by atoms with Gasteiger partial charge in [-0.25, -0.2) is 0 Å². The highest BCUT2D eigenvalue weighted by atomic mass is 15.1. The summed E-state index contributed by atoms with van der Waals surface area (Å²) in [5, 5.41) is 3.49. The molecule has 0 aliphatic heterocycles. The van der Waals surface area contributed by atoms with E-state index in [0.29, 0.717) is 5.41 Å². The van der Waals surface area contributed by atoms with Gasteiger partial charge in [0.1, 0.15) is 0 Å². The van der Waals surface area contributed by atoms with Gasteiger partial charge >= 0.3 is 0 Å². The van der Waals surface area contributed by atoms with E-state index in [-0.39, 0.29) is 0 Å². The normalized spacial score (nSPS) is 37.9. The van der Waals surface area contributed by atoms with Gasteiger partial charge in [0.25, 0.3) is 0 Å². The Morgan fingerprint density at radius 1 is 1.05 bits per heavy atom. The molecule has 2 saturated carbocycles. The number of rotatable bonds is 6. The second kappa shape index (κ2) is 7.97. The molecule has 2 rings (SSSR count). The van der Waals surface area contributed by atoms with Gasteiger partial charge in [-0.3, -0.25) is 0 Å². The van der Waals surface area contributed by atoms with Crippen LogP contribution in [0.2, 0.25) is 0 Å². The number of nitrogens with zero attached hydrogens (tertiary/aromatic N) is 1. The molecule has 0 unspecified atom stereocenters. The van der Waals surface area contributed by atoms with Crippen molar-refractivity contribution in [3.8, 4) is 0 Å². The predicted octanol–water partition coefficient (Wildman–Crippen LogP) is 4.30. The average molecular weight is 295 g/mol. The van der Waals surface area contributed by atoms with Crippen molar-refractivity contribution in [3.63, 3.8) is 0 Å². The molecular weight excluding hydrogens is 256 g/mol. The third-order valence-corrected chi connectivity index (χ3v) is 6.49. The van der Waals surface area contributed by atoms with Crippen molar-refractivity contribution in [3.05, 3.63) is 0 Å². The minimum atomic E-state index is 0.539. The van der Waals surface area contributed by atoms with Crippen LogP contribution in [0.5, 0.6) is 0 Å². The maximum Gasteiger partial charge on any atom is 0.00926 e. The molecule has 0 atom stereocenters. The van der Waals surface area contributed by atoms with Crippen LogP contribution in [0, 0.1) is 17.3 Å². The molecule has 0 bridgehead atoms. The highest BCUT2D eigenvalue weighted by molar-refractivity contribution is 4.90. The van der Waals surface area contributed by atoms with E-state index in [4.69, 9.17) is 0 Å². The van der Waals surface area contributed by atoms with Crippen LogP contribution < -0.4 is 5.32 Å². The summed E-state index contributed by atoms with van der Waals surface area (Å²) >= 11 is 0. The lowest BCUT2D eigenvalue weighted by molar-refractivity contribution is 0.0635. The predicted molar refractivity (Wildman–Crippen MR) is 92.7 cm³/mol. The summed E-state index contributed by atoms with van der Waals surface area (Å²) in [7, 11) is 4.53. The molecule has 2 heteroatoms. The van der Waals surface area contributed by atoms with Crippen LogP contribution in [0.4, 0.5) is 0 Å². The van der Waals surface area contributed by atoms with Gasteiger partial charge in [-0.15, -0.1) is 0 Å². The smallest absolute Gasteiger partial charge is 0.00926 e. The molecule has 0 aromatic rings. The fourth-order valence-corrected chi connectivity index (χ4v) is 4.79. The van der Waals surface area contributed by atoms with E-state index in [2.05, 4.69) is 38.2 Å². The van der Waals surface area contributed by atoms with Gasteiger partial charge in [0, 0.05) is 19.1 Å². The molecule has 1 N–H and O–H groups in total. The van der Waals surface area contributed by atoms with Crippen molar-refractivity contribution in [2.24, 2.45) is 17.3 Å². The summed E-state index contributed by atoms with van der Waals surface area (Å²) in [5.74, 6) is 1.96. The number of hydrogen-bond acceptors (Lipinski definition) is 2. The average Bonchev–Trinajstić information content (AvgIpc) is 2.51. The zero-order valence-electron chi connectivity index (χ0n) is 15.0. The van der Waals surface area contributed by atoms with Gasteiger partial charge in [0.05, 0.1) is 0 Å². The minimum Gasteiger partial charge on any atom is -0.319 e. The molecule has 0 spiro atoms. The zero-order valence-corrected chi connectivity index (χ0v) is 15.0. The lowest BCUT2D eigenvalue weighted by atomic mass is 9.70. The third kappa shape index (κ3) is 4.69. The lowest BCUT2D eigenvalue weighted by Gasteiger charge is -2.45. The molecule has 0 amide bonds. The van der Waals surface area contributed by atoms with Crippen LogP contribution in [0.3, 0.4) is 0 Å². The van der Waals surface area contributed by atoms with E-state index < -0.39 is 0 Å². The summed E-state index contributed by atoms with van der Waals surface area (Å²) in [5.41, 5.74) is 0.539. The van der Waals surface area contributed by atoms with Gasteiger partial charge in [0.2, 0.25) is 0 Å². The number of nitrogens with one attached hydrogen (secondary N) is 1. The summed E-state index contributed by atoms with van der Waals surface area (Å²) in [6, 6.07) is 0.848. The highest BCUT2D eigenvalue weighted by Crippen LogP contribution is 2.40. The van der Waals surface area contributed by atoms with Crippen molar-refractivity contribution >= 4 is 0 Å². The van der Waals surface area contributed by atoms with Crippen LogP contribution in [-0.4, -0.2) is 38.1 Å². The topological polar surface area (TPSA) is 15.3 Å². The molecule has 21 heavy (non-hydrogen) atoms. The van der Waals surface area contributed by atoms with Crippen molar-refractivity contribution in [2.45, 2.75) is 77.7 Å². The molecule has 0 saturated heterocycles. The Balaban J connectivity index is 1.88. The summed E-state index contributed by atoms with van der Waals surface area (Å²) in [4.78, 5) is 2.72. The highest BCUT2D eigenvalue weighted by Gasteiger charge is 2.36. The van der Waals surface area contributed by atoms with E-state index in [1.807, 2.05) is 0 Å². The van der Waals surface area contributed by atoms with Crippen LogP contribution in [-0.2, 0) is 0 Å². The summed E-state index contributed by atoms with van der Waals surface area (Å²) in [6.07, 6.45) is 12.9. The van der Waals surface area contributed by atoms with Crippen molar-refractivity contribution in [1.29, 1.82) is 0 Å². The van der Waals surface area contributed by atoms with Gasteiger partial charge in [-0.1, -0.05) is 33.1 Å². The fourth-order valence-electron chi connectivity index (χ4n) is 4.79. The standard InChI is InChI=1S/C19H38N2/c1-5-17-6-8-18(9-7-17)21(4)15-19(14-20-3)12-10-16(2)11-13-19/h16-18,20H,5-15H2,1-4H3.